The van der Waals surface area contributed by atoms with Crippen LogP contribution in [0.5, 0.6) is 0 Å². The van der Waals surface area contributed by atoms with Crippen molar-refractivity contribution >= 4 is 5.97 Å². The van der Waals surface area contributed by atoms with Crippen LogP contribution < -0.4 is 11.5 Å². The molecule has 0 saturated carbocycles. The van der Waals surface area contributed by atoms with Gasteiger partial charge >= 0.3 is 5.97 Å². The first kappa shape index (κ1) is 25.1. The number of esters is 1. The Bertz CT molecular complexity index is 332. The number of allylic oxidation sites excluding steroid dienone is 2. The lowest BCUT2D eigenvalue weighted by molar-refractivity contribution is -0.149. The Balaban J connectivity index is 3.28. The van der Waals surface area contributed by atoms with Crippen LogP contribution in [0.3, 0.4) is 0 Å². The monoisotopic (exact) mass is 368 g/mol. The molecule has 0 aliphatic rings. The van der Waals surface area contributed by atoms with Crippen LogP contribution in [0.1, 0.15) is 110 Å². The average Bonchev–Trinajstić information content (AvgIpc) is 2.63. The van der Waals surface area contributed by atoms with Gasteiger partial charge in [-0.05, 0) is 51.5 Å². The van der Waals surface area contributed by atoms with Crippen LogP contribution in [0.25, 0.3) is 0 Å². The van der Waals surface area contributed by atoms with Crippen molar-refractivity contribution in [1.29, 1.82) is 0 Å². The molecule has 1 atom stereocenters. The van der Waals surface area contributed by atoms with Gasteiger partial charge in [0.05, 0.1) is 0 Å². The molecule has 0 radical (unpaired) electrons. The molecule has 4 N–H and O–H groups in total. The van der Waals surface area contributed by atoms with Gasteiger partial charge in [-0.15, -0.1) is 0 Å². The van der Waals surface area contributed by atoms with Gasteiger partial charge in [0.1, 0.15) is 0 Å². The Morgan fingerprint density at radius 1 is 0.846 bits per heavy atom. The van der Waals surface area contributed by atoms with Crippen molar-refractivity contribution in [3.63, 3.8) is 0 Å². The maximum Gasteiger partial charge on any atom is 0.307 e. The number of ether oxygens (including phenoxy) is 1. The summed E-state index contributed by atoms with van der Waals surface area (Å²) in [5, 5.41) is 0. The second-order valence-electron chi connectivity index (χ2n) is 7.29. The van der Waals surface area contributed by atoms with Crippen LogP contribution >= 0.6 is 0 Å². The van der Waals surface area contributed by atoms with Crippen molar-refractivity contribution in [2.24, 2.45) is 11.5 Å². The van der Waals surface area contributed by atoms with E-state index in [4.69, 9.17) is 16.2 Å². The predicted octanol–water partition coefficient (Wildman–Crippen LogP) is 5.59. The van der Waals surface area contributed by atoms with E-state index >= 15 is 0 Å². The Morgan fingerprint density at radius 2 is 1.38 bits per heavy atom. The standard InChI is InChI=1S/C22H44N2O2/c1-2-3-4-5-6-7-8-9-10-11-12-13-14-15-16-19-22(25)26-21(24)18-17-20-23/h9-10,21H,2-8,11-20,23-24H2,1H3/b10-9-. The zero-order valence-corrected chi connectivity index (χ0v) is 17.2. The third-order valence-electron chi connectivity index (χ3n) is 4.62. The summed E-state index contributed by atoms with van der Waals surface area (Å²) in [4.78, 5) is 11.6. The minimum Gasteiger partial charge on any atom is -0.447 e. The summed E-state index contributed by atoms with van der Waals surface area (Å²) >= 11 is 0. The van der Waals surface area contributed by atoms with Gasteiger partial charge in [-0.2, -0.15) is 0 Å². The molecule has 0 spiro atoms. The van der Waals surface area contributed by atoms with E-state index in [-0.39, 0.29) is 5.97 Å². The largest absolute Gasteiger partial charge is 0.447 e. The molecule has 0 aromatic heterocycles. The van der Waals surface area contributed by atoms with E-state index in [1.807, 2.05) is 0 Å². The fourth-order valence-electron chi connectivity index (χ4n) is 2.95. The smallest absolute Gasteiger partial charge is 0.307 e. The van der Waals surface area contributed by atoms with Crippen LogP contribution in [0.4, 0.5) is 0 Å². The lowest BCUT2D eigenvalue weighted by Crippen LogP contribution is -2.27. The molecule has 1 unspecified atom stereocenters. The summed E-state index contributed by atoms with van der Waals surface area (Å²) in [5.74, 6) is -0.174. The minimum atomic E-state index is -0.492. The van der Waals surface area contributed by atoms with Crippen molar-refractivity contribution in [3.8, 4) is 0 Å². The van der Waals surface area contributed by atoms with Crippen LogP contribution in [0.2, 0.25) is 0 Å². The van der Waals surface area contributed by atoms with Crippen LogP contribution in [0.15, 0.2) is 12.2 Å². The van der Waals surface area contributed by atoms with Gasteiger partial charge in [-0.25, -0.2) is 0 Å². The molecule has 0 aliphatic heterocycles. The van der Waals surface area contributed by atoms with Crippen molar-refractivity contribution in [3.05, 3.63) is 12.2 Å². The predicted molar refractivity (Wildman–Crippen MR) is 112 cm³/mol. The van der Waals surface area contributed by atoms with E-state index in [2.05, 4.69) is 19.1 Å². The van der Waals surface area contributed by atoms with Crippen molar-refractivity contribution in [2.45, 2.75) is 116 Å². The summed E-state index contributed by atoms with van der Waals surface area (Å²) in [6, 6.07) is 0. The number of unbranched alkanes of at least 4 members (excludes halogenated alkanes) is 11. The second-order valence-corrected chi connectivity index (χ2v) is 7.29. The number of carbonyl (C=O) groups excluding carboxylic acids is 1. The first-order valence-corrected chi connectivity index (χ1v) is 11.0. The number of nitrogens with two attached hydrogens (primary N) is 2. The molecule has 0 bridgehead atoms. The summed E-state index contributed by atoms with van der Waals surface area (Å²) in [6.45, 7) is 2.85. The van der Waals surface area contributed by atoms with E-state index in [0.29, 0.717) is 19.4 Å². The zero-order chi connectivity index (χ0) is 19.3. The molecule has 154 valence electrons. The van der Waals surface area contributed by atoms with Gasteiger partial charge < -0.3 is 10.5 Å². The topological polar surface area (TPSA) is 78.3 Å². The third-order valence-corrected chi connectivity index (χ3v) is 4.62. The van der Waals surface area contributed by atoms with Gasteiger partial charge in [0.2, 0.25) is 0 Å². The average molecular weight is 369 g/mol. The number of rotatable bonds is 19. The Morgan fingerprint density at radius 3 is 1.96 bits per heavy atom. The highest BCUT2D eigenvalue weighted by Gasteiger charge is 2.08. The highest BCUT2D eigenvalue weighted by Crippen LogP contribution is 2.10. The Hall–Kier alpha value is -0.870. The molecule has 0 saturated heterocycles. The summed E-state index contributed by atoms with van der Waals surface area (Å²) in [5.41, 5.74) is 11.1. The highest BCUT2D eigenvalue weighted by atomic mass is 16.6. The molecule has 26 heavy (non-hydrogen) atoms. The SMILES string of the molecule is CCCCCCCC/C=C\CCCCCCCC(=O)OC(N)CCCN. The molecular weight excluding hydrogens is 324 g/mol. The highest BCUT2D eigenvalue weighted by molar-refractivity contribution is 5.69. The van der Waals surface area contributed by atoms with Gasteiger partial charge in [0.25, 0.3) is 0 Å². The van der Waals surface area contributed by atoms with Gasteiger partial charge in [-0.1, -0.05) is 70.4 Å². The van der Waals surface area contributed by atoms with Crippen LogP contribution in [0, 0.1) is 0 Å². The molecule has 0 amide bonds. The van der Waals surface area contributed by atoms with E-state index < -0.39 is 6.23 Å². The first-order valence-electron chi connectivity index (χ1n) is 11.0. The van der Waals surface area contributed by atoms with Gasteiger partial charge in [0, 0.05) is 6.42 Å². The fraction of sp³-hybridized carbons (Fsp3) is 0.864. The molecular formula is C22H44N2O2. The van der Waals surface area contributed by atoms with Crippen molar-refractivity contribution in [1.82, 2.24) is 0 Å². The zero-order valence-electron chi connectivity index (χ0n) is 17.2. The Labute approximate surface area is 162 Å². The van der Waals surface area contributed by atoms with E-state index in [1.165, 1.54) is 70.6 Å². The maximum absolute atomic E-state index is 11.6. The normalized spacial score (nSPS) is 12.6. The molecule has 0 fully saturated rings. The number of hydrogen-bond acceptors (Lipinski definition) is 4. The fourth-order valence-corrected chi connectivity index (χ4v) is 2.95. The van der Waals surface area contributed by atoms with Gasteiger partial charge in [0.15, 0.2) is 6.23 Å². The molecule has 0 aliphatic carbocycles. The summed E-state index contributed by atoms with van der Waals surface area (Å²) in [7, 11) is 0. The molecule has 4 heteroatoms. The third kappa shape index (κ3) is 19.5. The second kappa shape index (κ2) is 20.4. The lowest BCUT2D eigenvalue weighted by Gasteiger charge is -2.12. The Kier molecular flexibility index (Phi) is 19.8. The molecule has 0 aromatic carbocycles. The van der Waals surface area contributed by atoms with E-state index in [9.17, 15) is 4.79 Å². The molecule has 0 aromatic rings. The first-order chi connectivity index (χ1) is 12.7. The number of carbonyl (C=O) groups is 1. The van der Waals surface area contributed by atoms with Crippen molar-refractivity contribution < 1.29 is 9.53 Å². The van der Waals surface area contributed by atoms with Crippen LogP contribution in [-0.4, -0.2) is 18.7 Å². The quantitative estimate of drug-likeness (QED) is 0.135. The van der Waals surface area contributed by atoms with Crippen LogP contribution in [-0.2, 0) is 9.53 Å². The van der Waals surface area contributed by atoms with Crippen molar-refractivity contribution in [2.75, 3.05) is 6.54 Å². The van der Waals surface area contributed by atoms with Gasteiger partial charge in [-0.3, -0.25) is 10.5 Å². The summed E-state index contributed by atoms with van der Waals surface area (Å²) in [6.07, 6.45) is 22.5. The molecule has 0 heterocycles. The summed E-state index contributed by atoms with van der Waals surface area (Å²) < 4.78 is 5.15. The molecule has 4 nitrogen and oxygen atoms in total. The maximum atomic E-state index is 11.6. The van der Waals surface area contributed by atoms with E-state index in [0.717, 1.165) is 19.3 Å². The molecule has 0 rings (SSSR count). The van der Waals surface area contributed by atoms with E-state index in [1.54, 1.807) is 0 Å². The lowest BCUT2D eigenvalue weighted by atomic mass is 10.1. The number of hydrogen-bond donors (Lipinski definition) is 2. The minimum absolute atomic E-state index is 0.174.